The summed E-state index contributed by atoms with van der Waals surface area (Å²) in [5.41, 5.74) is -1.09. The second-order valence-corrected chi connectivity index (χ2v) is 6.89. The number of fused-ring (bicyclic) bond motifs is 1. The Hall–Kier alpha value is -2.68. The predicted octanol–water partition coefficient (Wildman–Crippen LogP) is 3.88. The van der Waals surface area contributed by atoms with Crippen molar-refractivity contribution >= 4 is 5.65 Å². The van der Waals surface area contributed by atoms with Crippen molar-refractivity contribution in [2.24, 2.45) is 0 Å². The fourth-order valence-corrected chi connectivity index (χ4v) is 3.29. The Balaban J connectivity index is 1.67. The van der Waals surface area contributed by atoms with Crippen molar-refractivity contribution in [1.29, 1.82) is 0 Å². The molecule has 1 fully saturated rings. The Morgan fingerprint density at radius 2 is 2.07 bits per heavy atom. The summed E-state index contributed by atoms with van der Waals surface area (Å²) in [5, 5.41) is 7.28. The van der Waals surface area contributed by atoms with Crippen molar-refractivity contribution in [2.75, 3.05) is 13.1 Å². The lowest BCUT2D eigenvalue weighted by Crippen LogP contribution is -2.41. The first-order valence-electron chi connectivity index (χ1n) is 8.85. The zero-order chi connectivity index (χ0) is 19.9. The minimum absolute atomic E-state index is 0.176. The van der Waals surface area contributed by atoms with Crippen molar-refractivity contribution in [3.8, 4) is 17.1 Å². The summed E-state index contributed by atoms with van der Waals surface area (Å²) in [6.07, 6.45) is -3.38. The van der Waals surface area contributed by atoms with E-state index in [0.29, 0.717) is 29.9 Å². The number of aromatic nitrogens is 3. The van der Waals surface area contributed by atoms with E-state index in [4.69, 9.17) is 4.74 Å². The maximum atomic E-state index is 14.8. The molecule has 28 heavy (non-hydrogen) atoms. The van der Waals surface area contributed by atoms with E-state index in [9.17, 15) is 17.6 Å². The van der Waals surface area contributed by atoms with Crippen molar-refractivity contribution in [1.82, 2.24) is 19.9 Å². The molecule has 0 aliphatic carbocycles. The molecule has 2 aromatic heterocycles. The summed E-state index contributed by atoms with van der Waals surface area (Å²) < 4.78 is 60.9. The maximum Gasteiger partial charge on any atom is 0.416 e. The van der Waals surface area contributed by atoms with Gasteiger partial charge in [0.05, 0.1) is 17.5 Å². The van der Waals surface area contributed by atoms with E-state index in [2.05, 4.69) is 15.4 Å². The summed E-state index contributed by atoms with van der Waals surface area (Å²) in [7, 11) is 0. The fourth-order valence-electron chi connectivity index (χ4n) is 3.29. The smallest absolute Gasteiger partial charge is 0.416 e. The monoisotopic (exact) mass is 394 g/mol. The molecule has 3 heterocycles. The van der Waals surface area contributed by atoms with E-state index >= 15 is 0 Å². The lowest BCUT2D eigenvalue weighted by Gasteiger charge is -2.26. The van der Waals surface area contributed by atoms with Crippen LogP contribution < -0.4 is 10.1 Å². The first-order chi connectivity index (χ1) is 13.3. The molecule has 1 N–H and O–H groups in total. The van der Waals surface area contributed by atoms with E-state index in [1.54, 1.807) is 25.1 Å². The number of rotatable bonds is 4. The molecule has 0 spiro atoms. The van der Waals surface area contributed by atoms with Gasteiger partial charge in [0.1, 0.15) is 6.10 Å². The number of nitrogens with zero attached hydrogens (tertiary/aromatic N) is 3. The Bertz CT molecular complexity index is 995. The van der Waals surface area contributed by atoms with Crippen molar-refractivity contribution in [2.45, 2.75) is 31.3 Å². The molecule has 3 aromatic rings. The molecule has 4 rings (SSSR count). The van der Waals surface area contributed by atoms with Crippen LogP contribution in [0.5, 0.6) is 5.88 Å². The van der Waals surface area contributed by atoms with Crippen molar-refractivity contribution in [3.63, 3.8) is 0 Å². The van der Waals surface area contributed by atoms with Gasteiger partial charge in [-0.15, -0.1) is 5.10 Å². The molecule has 2 unspecified atom stereocenters. The molecule has 0 amide bonds. The SMILES string of the molecule is CC(Oc1ccc2ncc(-c3cccc(C(F)(F)F)c3)n2n1)C1(F)CCNC1. The van der Waals surface area contributed by atoms with Gasteiger partial charge in [-0.3, -0.25) is 0 Å². The summed E-state index contributed by atoms with van der Waals surface area (Å²) in [4.78, 5) is 4.18. The Kier molecular flexibility index (Phi) is 4.49. The molecular formula is C19H18F4N4O. The number of ether oxygens (including phenoxy) is 1. The molecular weight excluding hydrogens is 376 g/mol. The average molecular weight is 394 g/mol. The number of benzene rings is 1. The number of imidazole rings is 1. The van der Waals surface area contributed by atoms with Gasteiger partial charge in [0.15, 0.2) is 11.3 Å². The Labute approximate surface area is 158 Å². The lowest BCUT2D eigenvalue weighted by molar-refractivity contribution is -0.137. The van der Waals surface area contributed by atoms with E-state index < -0.39 is 23.5 Å². The highest BCUT2D eigenvalue weighted by Crippen LogP contribution is 2.32. The van der Waals surface area contributed by atoms with Crippen LogP contribution in [-0.4, -0.2) is 39.5 Å². The van der Waals surface area contributed by atoms with Crippen LogP contribution in [0.15, 0.2) is 42.6 Å². The third kappa shape index (κ3) is 3.42. The number of alkyl halides is 4. The van der Waals surface area contributed by atoms with Crippen LogP contribution in [0.1, 0.15) is 18.9 Å². The Morgan fingerprint density at radius 3 is 2.79 bits per heavy atom. The van der Waals surface area contributed by atoms with Crippen LogP contribution >= 0.6 is 0 Å². The second-order valence-electron chi connectivity index (χ2n) is 6.89. The van der Waals surface area contributed by atoms with Gasteiger partial charge in [0.25, 0.3) is 0 Å². The Morgan fingerprint density at radius 1 is 1.25 bits per heavy atom. The van der Waals surface area contributed by atoms with Gasteiger partial charge < -0.3 is 10.1 Å². The van der Waals surface area contributed by atoms with E-state index in [1.165, 1.54) is 16.8 Å². The molecule has 9 heteroatoms. The molecule has 0 radical (unpaired) electrons. The van der Waals surface area contributed by atoms with Gasteiger partial charge in [-0.1, -0.05) is 12.1 Å². The molecule has 148 valence electrons. The summed E-state index contributed by atoms with van der Waals surface area (Å²) in [5.74, 6) is 0.176. The summed E-state index contributed by atoms with van der Waals surface area (Å²) in [6.45, 7) is 2.43. The van der Waals surface area contributed by atoms with Crippen LogP contribution in [-0.2, 0) is 6.18 Å². The molecule has 0 saturated carbocycles. The summed E-state index contributed by atoms with van der Waals surface area (Å²) in [6, 6.07) is 8.14. The number of nitrogens with one attached hydrogen (secondary N) is 1. The van der Waals surface area contributed by atoms with Gasteiger partial charge in [0, 0.05) is 18.2 Å². The summed E-state index contributed by atoms with van der Waals surface area (Å²) >= 11 is 0. The number of hydrogen-bond donors (Lipinski definition) is 1. The number of hydrogen-bond acceptors (Lipinski definition) is 4. The van der Waals surface area contributed by atoms with Gasteiger partial charge in [-0.05, 0) is 38.1 Å². The third-order valence-electron chi connectivity index (χ3n) is 4.99. The molecule has 1 aliphatic rings. The highest BCUT2D eigenvalue weighted by atomic mass is 19.4. The molecule has 2 atom stereocenters. The first-order valence-corrected chi connectivity index (χ1v) is 8.85. The minimum atomic E-state index is -4.45. The normalized spacial score (nSPS) is 21.2. The van der Waals surface area contributed by atoms with Gasteiger partial charge in [0.2, 0.25) is 5.88 Å². The number of halogens is 4. The fraction of sp³-hybridized carbons (Fsp3) is 0.368. The van der Waals surface area contributed by atoms with Gasteiger partial charge >= 0.3 is 6.18 Å². The molecule has 5 nitrogen and oxygen atoms in total. The zero-order valence-corrected chi connectivity index (χ0v) is 15.0. The topological polar surface area (TPSA) is 51.5 Å². The second kappa shape index (κ2) is 6.73. The standard InChI is InChI=1S/C19H18F4N4O/c1-12(18(20)7-8-24-11-18)28-17-6-5-16-25-10-15(27(16)26-17)13-3-2-4-14(9-13)19(21,22)23/h2-6,9-10,12,24H,7-8,11H2,1H3. The third-order valence-corrected chi connectivity index (χ3v) is 4.99. The van der Waals surface area contributed by atoms with Crippen LogP contribution in [0.4, 0.5) is 17.6 Å². The van der Waals surface area contributed by atoms with Crippen LogP contribution in [0.2, 0.25) is 0 Å². The quantitative estimate of drug-likeness (QED) is 0.683. The van der Waals surface area contributed by atoms with Crippen molar-refractivity contribution in [3.05, 3.63) is 48.2 Å². The van der Waals surface area contributed by atoms with E-state index in [0.717, 1.165) is 12.1 Å². The largest absolute Gasteiger partial charge is 0.470 e. The van der Waals surface area contributed by atoms with E-state index in [-0.39, 0.29) is 12.4 Å². The van der Waals surface area contributed by atoms with Crippen molar-refractivity contribution < 1.29 is 22.3 Å². The lowest BCUT2D eigenvalue weighted by atomic mass is 9.99. The van der Waals surface area contributed by atoms with Crippen LogP contribution in [0, 0.1) is 0 Å². The van der Waals surface area contributed by atoms with Gasteiger partial charge in [-0.25, -0.2) is 13.9 Å². The first kappa shape index (κ1) is 18.7. The predicted molar refractivity (Wildman–Crippen MR) is 94.8 cm³/mol. The minimum Gasteiger partial charge on any atom is -0.470 e. The molecule has 1 saturated heterocycles. The zero-order valence-electron chi connectivity index (χ0n) is 15.0. The molecule has 1 aromatic carbocycles. The maximum absolute atomic E-state index is 14.8. The highest BCUT2D eigenvalue weighted by molar-refractivity contribution is 5.64. The molecule has 0 bridgehead atoms. The van der Waals surface area contributed by atoms with Crippen LogP contribution in [0.3, 0.4) is 0 Å². The highest BCUT2D eigenvalue weighted by Gasteiger charge is 2.41. The average Bonchev–Trinajstić information content (AvgIpc) is 3.28. The van der Waals surface area contributed by atoms with Gasteiger partial charge in [-0.2, -0.15) is 13.2 Å². The van der Waals surface area contributed by atoms with E-state index in [1.807, 2.05) is 0 Å². The molecule has 1 aliphatic heterocycles. The van der Waals surface area contributed by atoms with Crippen LogP contribution in [0.25, 0.3) is 16.9 Å².